The first-order valence-electron chi connectivity index (χ1n) is 8.07. The number of benzene rings is 1. The number of rotatable bonds is 3. The Kier molecular flexibility index (Phi) is 4.67. The van der Waals surface area contributed by atoms with E-state index in [0.717, 1.165) is 29.1 Å². The van der Waals surface area contributed by atoms with E-state index in [4.69, 9.17) is 4.42 Å². The number of amidine groups is 1. The smallest absolute Gasteiger partial charge is 0.264 e. The number of aliphatic imine (C=N–C) groups is 1. The third-order valence-corrected chi connectivity index (χ3v) is 5.45. The third-order valence-electron chi connectivity index (χ3n) is 4.01. The van der Waals surface area contributed by atoms with Crippen molar-refractivity contribution in [3.8, 4) is 0 Å². The molecule has 0 atom stereocenters. The lowest BCUT2D eigenvalue weighted by atomic mass is 10.3. The van der Waals surface area contributed by atoms with Gasteiger partial charge in [0.05, 0.1) is 10.6 Å². The number of carbonyl (C=O) groups is 1. The van der Waals surface area contributed by atoms with Crippen LogP contribution < -0.4 is 10.2 Å². The van der Waals surface area contributed by atoms with Crippen molar-refractivity contribution in [1.29, 1.82) is 0 Å². The van der Waals surface area contributed by atoms with E-state index in [1.54, 1.807) is 6.08 Å². The van der Waals surface area contributed by atoms with Gasteiger partial charge in [-0.2, -0.15) is 0 Å². The maximum atomic E-state index is 12.2. The summed E-state index contributed by atoms with van der Waals surface area (Å²) in [5.74, 6) is 1.40. The Labute approximate surface area is 158 Å². The second kappa shape index (κ2) is 7.09. The summed E-state index contributed by atoms with van der Waals surface area (Å²) in [6, 6.07) is 11.5. The van der Waals surface area contributed by atoms with E-state index in [-0.39, 0.29) is 5.91 Å². The molecule has 0 unspecified atom stereocenters. The zero-order valence-electron chi connectivity index (χ0n) is 13.4. The number of nitrogens with zero attached hydrogens (tertiary/aromatic N) is 2. The molecule has 5 nitrogen and oxygen atoms in total. The molecule has 2 aromatic rings. The highest BCUT2D eigenvalue weighted by molar-refractivity contribution is 9.10. The van der Waals surface area contributed by atoms with Gasteiger partial charge in [0.15, 0.2) is 11.1 Å². The number of nitrogens with one attached hydrogen (secondary N) is 1. The zero-order valence-corrected chi connectivity index (χ0v) is 15.8. The first-order valence-corrected chi connectivity index (χ1v) is 9.68. The Hall–Kier alpha value is -1.99. The van der Waals surface area contributed by atoms with Crippen LogP contribution in [0.4, 0.5) is 11.6 Å². The molecule has 1 aromatic heterocycles. The third kappa shape index (κ3) is 3.82. The summed E-state index contributed by atoms with van der Waals surface area (Å²) in [5.41, 5.74) is 0.793. The Morgan fingerprint density at radius 2 is 1.92 bits per heavy atom. The van der Waals surface area contributed by atoms with Gasteiger partial charge in [-0.05, 0) is 54.9 Å². The Bertz CT molecular complexity index is 851. The lowest BCUT2D eigenvalue weighted by molar-refractivity contribution is -0.115. The van der Waals surface area contributed by atoms with E-state index in [1.807, 2.05) is 36.4 Å². The fraction of sp³-hybridized carbons (Fsp3) is 0.222. The summed E-state index contributed by atoms with van der Waals surface area (Å²) in [4.78, 5) is 19.4. The van der Waals surface area contributed by atoms with E-state index in [0.29, 0.717) is 15.8 Å². The topological polar surface area (TPSA) is 57.8 Å². The number of halogens is 1. The van der Waals surface area contributed by atoms with E-state index < -0.39 is 0 Å². The van der Waals surface area contributed by atoms with Gasteiger partial charge in [-0.1, -0.05) is 15.9 Å². The molecule has 0 saturated carbocycles. The minimum atomic E-state index is -0.153. The van der Waals surface area contributed by atoms with E-state index in [9.17, 15) is 4.79 Å². The molecular weight excluding hydrogens is 402 g/mol. The second-order valence-corrected chi connectivity index (χ2v) is 7.77. The van der Waals surface area contributed by atoms with Crippen molar-refractivity contribution in [3.05, 3.63) is 51.5 Å². The van der Waals surface area contributed by atoms with Crippen molar-refractivity contribution >= 4 is 56.4 Å². The van der Waals surface area contributed by atoms with Crippen molar-refractivity contribution < 1.29 is 9.21 Å². The zero-order chi connectivity index (χ0) is 17.2. The summed E-state index contributed by atoms with van der Waals surface area (Å²) in [6.07, 6.45) is 4.17. The summed E-state index contributed by atoms with van der Waals surface area (Å²) >= 11 is 4.71. The highest BCUT2D eigenvalue weighted by Gasteiger charge is 2.24. The average Bonchev–Trinajstić information content (AvgIpc) is 3.32. The molecule has 7 heteroatoms. The van der Waals surface area contributed by atoms with Crippen molar-refractivity contribution in [1.82, 2.24) is 5.32 Å². The maximum absolute atomic E-state index is 12.2. The first-order chi connectivity index (χ1) is 12.2. The van der Waals surface area contributed by atoms with Crippen LogP contribution in [-0.4, -0.2) is 24.2 Å². The molecule has 0 radical (unpaired) electrons. The van der Waals surface area contributed by atoms with Gasteiger partial charge >= 0.3 is 0 Å². The number of thioether (sulfide) groups is 1. The molecule has 0 aliphatic carbocycles. The van der Waals surface area contributed by atoms with Gasteiger partial charge in [0.2, 0.25) is 0 Å². The minimum absolute atomic E-state index is 0.153. The number of amides is 1. The van der Waals surface area contributed by atoms with Crippen LogP contribution in [0, 0.1) is 0 Å². The quantitative estimate of drug-likeness (QED) is 0.744. The van der Waals surface area contributed by atoms with Gasteiger partial charge in [0.25, 0.3) is 5.91 Å². The molecule has 2 fully saturated rings. The Balaban J connectivity index is 1.50. The molecular formula is C18H16BrN3O2S. The predicted molar refractivity (Wildman–Crippen MR) is 105 cm³/mol. The van der Waals surface area contributed by atoms with Crippen molar-refractivity contribution in [2.75, 3.05) is 18.0 Å². The van der Waals surface area contributed by atoms with E-state index in [1.165, 1.54) is 24.6 Å². The average molecular weight is 418 g/mol. The van der Waals surface area contributed by atoms with Crippen LogP contribution >= 0.6 is 27.7 Å². The SMILES string of the molecule is O=C1NC(=Nc2ccc(Br)cc2)SC1=Cc1ccc(N2CCCC2)o1. The molecule has 0 bridgehead atoms. The predicted octanol–water partition coefficient (Wildman–Crippen LogP) is 4.53. The van der Waals surface area contributed by atoms with Crippen LogP contribution in [0.5, 0.6) is 0 Å². The van der Waals surface area contributed by atoms with Crippen molar-refractivity contribution in [2.24, 2.45) is 4.99 Å². The fourth-order valence-corrected chi connectivity index (χ4v) is 3.86. The first kappa shape index (κ1) is 16.5. The normalized spacial score (nSPS) is 20.7. The molecule has 2 saturated heterocycles. The maximum Gasteiger partial charge on any atom is 0.264 e. The van der Waals surface area contributed by atoms with Gasteiger partial charge < -0.3 is 14.6 Å². The molecule has 1 N–H and O–H groups in total. The number of hydrogen-bond acceptors (Lipinski definition) is 5. The van der Waals surface area contributed by atoms with Gasteiger partial charge in [-0.25, -0.2) is 4.99 Å². The van der Waals surface area contributed by atoms with Crippen LogP contribution in [0.3, 0.4) is 0 Å². The van der Waals surface area contributed by atoms with Gasteiger partial charge in [0.1, 0.15) is 5.76 Å². The van der Waals surface area contributed by atoms with Crippen LogP contribution in [-0.2, 0) is 4.79 Å². The van der Waals surface area contributed by atoms with Crippen LogP contribution in [0.1, 0.15) is 18.6 Å². The lowest BCUT2D eigenvalue weighted by Crippen LogP contribution is -2.19. The highest BCUT2D eigenvalue weighted by Crippen LogP contribution is 2.30. The molecule has 25 heavy (non-hydrogen) atoms. The fourth-order valence-electron chi connectivity index (χ4n) is 2.77. The summed E-state index contributed by atoms with van der Waals surface area (Å²) < 4.78 is 6.85. The molecule has 4 rings (SSSR count). The van der Waals surface area contributed by atoms with Gasteiger partial charge in [-0.15, -0.1) is 0 Å². The summed E-state index contributed by atoms with van der Waals surface area (Å²) in [6.45, 7) is 2.06. The standard InChI is InChI=1S/C18H16BrN3O2S/c19-12-3-5-13(6-4-12)20-18-21-17(23)15(25-18)11-14-7-8-16(24-14)22-9-1-2-10-22/h3-8,11H,1-2,9-10H2,(H,20,21,23). The van der Waals surface area contributed by atoms with Crippen molar-refractivity contribution in [2.45, 2.75) is 12.8 Å². The van der Waals surface area contributed by atoms with E-state index in [2.05, 4.69) is 31.1 Å². The van der Waals surface area contributed by atoms with Crippen LogP contribution in [0.2, 0.25) is 0 Å². The van der Waals surface area contributed by atoms with Gasteiger partial charge in [0, 0.05) is 29.7 Å². The number of anilines is 1. The largest absolute Gasteiger partial charge is 0.441 e. The molecule has 128 valence electrons. The molecule has 1 amide bonds. The second-order valence-electron chi connectivity index (χ2n) is 5.83. The van der Waals surface area contributed by atoms with Crippen LogP contribution in [0.25, 0.3) is 6.08 Å². The van der Waals surface area contributed by atoms with Gasteiger partial charge in [-0.3, -0.25) is 4.79 Å². The Morgan fingerprint density at radius 1 is 1.16 bits per heavy atom. The van der Waals surface area contributed by atoms with Crippen LogP contribution in [0.15, 0.2) is 55.2 Å². The Morgan fingerprint density at radius 3 is 2.68 bits per heavy atom. The molecule has 2 aliphatic heterocycles. The lowest BCUT2D eigenvalue weighted by Gasteiger charge is -2.12. The number of furan rings is 1. The number of carbonyl (C=O) groups excluding carboxylic acids is 1. The molecule has 0 spiro atoms. The molecule has 1 aromatic carbocycles. The highest BCUT2D eigenvalue weighted by atomic mass is 79.9. The molecule has 3 heterocycles. The summed E-state index contributed by atoms with van der Waals surface area (Å²) in [7, 11) is 0. The monoisotopic (exact) mass is 417 g/mol. The summed E-state index contributed by atoms with van der Waals surface area (Å²) in [5, 5.41) is 3.37. The van der Waals surface area contributed by atoms with E-state index >= 15 is 0 Å². The van der Waals surface area contributed by atoms with Crippen molar-refractivity contribution in [3.63, 3.8) is 0 Å². The minimum Gasteiger partial charge on any atom is -0.441 e. The molecule has 2 aliphatic rings. The number of hydrogen-bond donors (Lipinski definition) is 1.